The van der Waals surface area contributed by atoms with Crippen LogP contribution in [0.2, 0.25) is 0 Å². The first-order valence-electron chi connectivity index (χ1n) is 5.79. The van der Waals surface area contributed by atoms with Crippen molar-refractivity contribution in [2.75, 3.05) is 0 Å². The third-order valence-corrected chi connectivity index (χ3v) is 3.35. The molecule has 2 aliphatic rings. The van der Waals surface area contributed by atoms with E-state index < -0.39 is 23.7 Å². The summed E-state index contributed by atoms with van der Waals surface area (Å²) < 4.78 is 5.03. The molecular weight excluding hydrogens is 244 g/mol. The summed E-state index contributed by atoms with van der Waals surface area (Å²) in [6.45, 7) is 0. The molecule has 6 nitrogen and oxygen atoms in total. The summed E-state index contributed by atoms with van der Waals surface area (Å²) in [7, 11) is 0. The van der Waals surface area contributed by atoms with Crippen LogP contribution in [-0.2, 0) is 9.53 Å². The van der Waals surface area contributed by atoms with Crippen molar-refractivity contribution in [3.05, 3.63) is 35.9 Å². The van der Waals surface area contributed by atoms with E-state index in [4.69, 9.17) is 10.5 Å². The van der Waals surface area contributed by atoms with Gasteiger partial charge < -0.3 is 10.5 Å². The Labute approximate surface area is 109 Å². The molecule has 0 spiro atoms. The Kier molecular flexibility index (Phi) is 2.53. The molecule has 1 fully saturated rings. The predicted octanol–water partition coefficient (Wildman–Crippen LogP) is 0.767. The molecule has 3 unspecified atom stereocenters. The highest BCUT2D eigenvalue weighted by Gasteiger charge is 2.49. The van der Waals surface area contributed by atoms with Gasteiger partial charge in [-0.3, -0.25) is 4.79 Å². The maximum Gasteiger partial charge on any atom is 0.330 e. The van der Waals surface area contributed by atoms with Gasteiger partial charge in [-0.05, 0) is 5.56 Å². The molecule has 2 heterocycles. The van der Waals surface area contributed by atoms with Crippen LogP contribution in [-0.4, -0.2) is 17.7 Å². The molecular formula is C13H10N4O2. The summed E-state index contributed by atoms with van der Waals surface area (Å²) in [4.78, 5) is 11.8. The Morgan fingerprint density at radius 1 is 1.26 bits per heavy atom. The van der Waals surface area contributed by atoms with Crippen molar-refractivity contribution in [3.8, 4) is 6.07 Å². The highest BCUT2D eigenvalue weighted by molar-refractivity contribution is 6.11. The van der Waals surface area contributed by atoms with Crippen molar-refractivity contribution in [1.29, 1.82) is 5.26 Å². The number of carbonyl (C=O) groups is 1. The largest absolute Gasteiger partial charge is 0.408 e. The molecule has 94 valence electrons. The molecule has 2 aliphatic heterocycles. The molecule has 6 heteroatoms. The average Bonchev–Trinajstić information content (AvgIpc) is 2.79. The van der Waals surface area contributed by atoms with Crippen LogP contribution in [0, 0.1) is 23.2 Å². The highest BCUT2D eigenvalue weighted by Crippen LogP contribution is 2.39. The molecule has 2 N–H and O–H groups in total. The van der Waals surface area contributed by atoms with Crippen molar-refractivity contribution >= 4 is 17.7 Å². The fourth-order valence-corrected chi connectivity index (χ4v) is 2.48. The monoisotopic (exact) mass is 254 g/mol. The molecule has 0 amide bonds. The molecule has 0 radical (unpaired) electrons. The smallest absolute Gasteiger partial charge is 0.330 e. The first-order valence-corrected chi connectivity index (χ1v) is 5.79. The number of esters is 1. The summed E-state index contributed by atoms with van der Waals surface area (Å²) in [5.74, 6) is -1.89. The van der Waals surface area contributed by atoms with E-state index in [1.165, 1.54) is 0 Å². The molecule has 0 saturated carbocycles. The third kappa shape index (κ3) is 1.67. The third-order valence-electron chi connectivity index (χ3n) is 3.35. The number of rotatable bonds is 1. The van der Waals surface area contributed by atoms with E-state index in [9.17, 15) is 10.1 Å². The number of fused-ring (bicyclic) bond motifs is 1. The quantitative estimate of drug-likeness (QED) is 0.748. The second kappa shape index (κ2) is 4.21. The number of amidine groups is 1. The maximum atomic E-state index is 11.8. The minimum atomic E-state index is -0.904. The van der Waals surface area contributed by atoms with Gasteiger partial charge in [-0.15, -0.1) is 10.2 Å². The van der Waals surface area contributed by atoms with Crippen LogP contribution in [0.4, 0.5) is 0 Å². The van der Waals surface area contributed by atoms with Gasteiger partial charge in [-0.1, -0.05) is 30.3 Å². The van der Waals surface area contributed by atoms with Crippen LogP contribution in [0.25, 0.3) is 0 Å². The summed E-state index contributed by atoms with van der Waals surface area (Å²) >= 11 is 0. The van der Waals surface area contributed by atoms with Crippen LogP contribution in [0.1, 0.15) is 11.5 Å². The molecule has 1 aromatic rings. The Morgan fingerprint density at radius 2 is 2.00 bits per heavy atom. The molecule has 19 heavy (non-hydrogen) atoms. The lowest BCUT2D eigenvalue weighted by Crippen LogP contribution is -2.45. The van der Waals surface area contributed by atoms with E-state index in [2.05, 4.69) is 10.2 Å². The number of carbonyl (C=O) groups excluding carboxylic acids is 1. The van der Waals surface area contributed by atoms with Crippen LogP contribution >= 0.6 is 0 Å². The SMILES string of the molecule is N#CC1C(=O)OC2=NN=C(N)C2C1c1ccccc1. The first-order chi connectivity index (χ1) is 9.22. The summed E-state index contributed by atoms with van der Waals surface area (Å²) in [6.07, 6.45) is 0. The molecule has 3 atom stereocenters. The fraction of sp³-hybridized carbons (Fsp3) is 0.231. The van der Waals surface area contributed by atoms with Crippen LogP contribution in [0.5, 0.6) is 0 Å². The van der Waals surface area contributed by atoms with E-state index in [0.29, 0.717) is 0 Å². The number of ether oxygens (including phenoxy) is 1. The van der Waals surface area contributed by atoms with Crippen molar-refractivity contribution < 1.29 is 9.53 Å². The van der Waals surface area contributed by atoms with Gasteiger partial charge in [0.15, 0.2) is 5.92 Å². The number of nitrogens with two attached hydrogens (primary N) is 1. The van der Waals surface area contributed by atoms with Gasteiger partial charge in [-0.2, -0.15) is 5.26 Å². The number of benzene rings is 1. The zero-order valence-electron chi connectivity index (χ0n) is 9.85. The molecule has 1 saturated heterocycles. The van der Waals surface area contributed by atoms with Crippen molar-refractivity contribution in [1.82, 2.24) is 0 Å². The van der Waals surface area contributed by atoms with E-state index in [0.717, 1.165) is 5.56 Å². The van der Waals surface area contributed by atoms with Crippen molar-refractivity contribution in [3.63, 3.8) is 0 Å². The lowest BCUT2D eigenvalue weighted by Gasteiger charge is -2.31. The fourth-order valence-electron chi connectivity index (χ4n) is 2.48. The second-order valence-electron chi connectivity index (χ2n) is 4.41. The van der Waals surface area contributed by atoms with Crippen molar-refractivity contribution in [2.45, 2.75) is 5.92 Å². The highest BCUT2D eigenvalue weighted by atomic mass is 16.5. The average molecular weight is 254 g/mol. The lowest BCUT2D eigenvalue weighted by atomic mass is 9.75. The predicted molar refractivity (Wildman–Crippen MR) is 66.9 cm³/mol. The zero-order chi connectivity index (χ0) is 13.4. The molecule has 0 aromatic heterocycles. The van der Waals surface area contributed by atoms with Gasteiger partial charge >= 0.3 is 5.97 Å². The molecule has 3 rings (SSSR count). The number of nitrogens with zero attached hydrogens (tertiary/aromatic N) is 3. The minimum Gasteiger partial charge on any atom is -0.408 e. The van der Waals surface area contributed by atoms with Crippen LogP contribution in [0.3, 0.4) is 0 Å². The summed E-state index contributed by atoms with van der Waals surface area (Å²) in [6, 6.07) is 11.3. The van der Waals surface area contributed by atoms with Gasteiger partial charge in [0.25, 0.3) is 0 Å². The number of hydrogen-bond donors (Lipinski definition) is 1. The van der Waals surface area contributed by atoms with Gasteiger partial charge in [0.1, 0.15) is 11.8 Å². The second-order valence-corrected chi connectivity index (χ2v) is 4.41. The summed E-state index contributed by atoms with van der Waals surface area (Å²) in [5, 5.41) is 16.7. The van der Waals surface area contributed by atoms with Gasteiger partial charge in [-0.25, -0.2) is 0 Å². The Hall–Kier alpha value is -2.68. The topological polar surface area (TPSA) is 101 Å². The van der Waals surface area contributed by atoms with Gasteiger partial charge in [0, 0.05) is 5.92 Å². The van der Waals surface area contributed by atoms with Crippen molar-refractivity contribution in [2.24, 2.45) is 27.8 Å². The Bertz CT molecular complexity index is 630. The van der Waals surface area contributed by atoms with E-state index >= 15 is 0 Å². The maximum absolute atomic E-state index is 11.8. The number of hydrogen-bond acceptors (Lipinski definition) is 6. The van der Waals surface area contributed by atoms with Crippen LogP contribution < -0.4 is 5.73 Å². The van der Waals surface area contributed by atoms with E-state index in [1.807, 2.05) is 36.4 Å². The minimum absolute atomic E-state index is 0.183. The zero-order valence-corrected chi connectivity index (χ0v) is 9.85. The standard InChI is InChI=1S/C13H10N4O2/c14-6-8-9(7-4-2-1-3-5-7)10-11(15)16-17-12(10)19-13(8)18/h1-5,8-10H,(H2,15,16). The molecule has 1 aromatic carbocycles. The van der Waals surface area contributed by atoms with Gasteiger partial charge in [0.2, 0.25) is 5.90 Å². The summed E-state index contributed by atoms with van der Waals surface area (Å²) in [5.41, 5.74) is 6.66. The Morgan fingerprint density at radius 3 is 2.68 bits per heavy atom. The first kappa shape index (κ1) is 11.4. The number of nitriles is 1. The van der Waals surface area contributed by atoms with E-state index in [-0.39, 0.29) is 11.7 Å². The normalized spacial score (nSPS) is 28.8. The van der Waals surface area contributed by atoms with Gasteiger partial charge in [0.05, 0.1) is 6.07 Å². The molecule has 0 aliphatic carbocycles. The lowest BCUT2D eigenvalue weighted by molar-refractivity contribution is -0.141. The molecule has 0 bridgehead atoms. The van der Waals surface area contributed by atoms with Crippen LogP contribution in [0.15, 0.2) is 40.5 Å². The van der Waals surface area contributed by atoms with E-state index in [1.54, 1.807) is 0 Å². The Balaban J connectivity index is 2.10.